The minimum absolute atomic E-state index is 0.0854. The maximum atomic E-state index is 12.8. The zero-order valence-corrected chi connectivity index (χ0v) is 16.7. The van der Waals surface area contributed by atoms with Gasteiger partial charge in [-0.3, -0.25) is 9.69 Å². The predicted molar refractivity (Wildman–Crippen MR) is 115 cm³/mol. The number of aryl methyl sites for hydroxylation is 1. The van der Waals surface area contributed by atoms with E-state index in [0.29, 0.717) is 13.2 Å². The quantitative estimate of drug-likeness (QED) is 0.692. The van der Waals surface area contributed by atoms with Crippen molar-refractivity contribution in [1.29, 1.82) is 0 Å². The number of benzene rings is 2. The van der Waals surface area contributed by atoms with E-state index in [2.05, 4.69) is 46.8 Å². The van der Waals surface area contributed by atoms with E-state index in [1.807, 2.05) is 36.4 Å². The predicted octanol–water partition coefficient (Wildman–Crippen LogP) is 4.56. The molecule has 2 heterocycles. The summed E-state index contributed by atoms with van der Waals surface area (Å²) in [6.45, 7) is 4.95. The van der Waals surface area contributed by atoms with Gasteiger partial charge >= 0.3 is 0 Å². The number of morpholine rings is 1. The van der Waals surface area contributed by atoms with Crippen LogP contribution in [-0.4, -0.2) is 36.6 Å². The van der Waals surface area contributed by atoms with Crippen LogP contribution in [0.25, 0.3) is 10.4 Å². The van der Waals surface area contributed by atoms with Gasteiger partial charge in [0, 0.05) is 30.2 Å². The number of rotatable bonds is 5. The molecule has 0 saturated carbocycles. The highest BCUT2D eigenvalue weighted by Gasteiger charge is 2.26. The summed E-state index contributed by atoms with van der Waals surface area (Å²) in [4.78, 5) is 16.3. The van der Waals surface area contributed by atoms with Crippen molar-refractivity contribution in [3.8, 4) is 10.4 Å². The Morgan fingerprint density at radius 1 is 1.18 bits per heavy atom. The Balaban J connectivity index is 1.40. The molecular weight excluding hydrogens is 368 g/mol. The molecule has 1 amide bonds. The molecule has 0 aliphatic carbocycles. The molecule has 4 rings (SSSR count). The highest BCUT2D eigenvalue weighted by molar-refractivity contribution is 7.13. The zero-order valence-electron chi connectivity index (χ0n) is 15.9. The molecule has 28 heavy (non-hydrogen) atoms. The van der Waals surface area contributed by atoms with E-state index in [1.165, 1.54) is 16.0 Å². The number of amides is 1. The number of hydrogen-bond acceptors (Lipinski definition) is 4. The summed E-state index contributed by atoms with van der Waals surface area (Å²) in [7, 11) is 0. The van der Waals surface area contributed by atoms with E-state index < -0.39 is 6.10 Å². The number of hydrogen-bond donors (Lipinski definition) is 1. The van der Waals surface area contributed by atoms with Crippen molar-refractivity contribution in [3.63, 3.8) is 0 Å². The summed E-state index contributed by atoms with van der Waals surface area (Å²) in [5.74, 6) is -0.0854. The minimum Gasteiger partial charge on any atom is -0.366 e. The van der Waals surface area contributed by atoms with E-state index in [-0.39, 0.29) is 5.91 Å². The number of ether oxygens (including phenoxy) is 1. The summed E-state index contributed by atoms with van der Waals surface area (Å²) in [6, 6.07) is 20.5. The van der Waals surface area contributed by atoms with Gasteiger partial charge in [0.2, 0.25) is 0 Å². The Hall–Kier alpha value is -2.47. The number of anilines is 1. The van der Waals surface area contributed by atoms with Crippen LogP contribution < -0.4 is 5.32 Å². The molecule has 1 atom stereocenters. The van der Waals surface area contributed by atoms with Gasteiger partial charge in [-0.05, 0) is 47.2 Å². The number of nitrogens with zero attached hydrogens (tertiary/aromatic N) is 1. The normalized spacial score (nSPS) is 17.4. The molecule has 1 saturated heterocycles. The van der Waals surface area contributed by atoms with Crippen molar-refractivity contribution >= 4 is 22.9 Å². The Morgan fingerprint density at radius 3 is 2.82 bits per heavy atom. The van der Waals surface area contributed by atoms with Crippen LogP contribution in [0.3, 0.4) is 0 Å². The third kappa shape index (κ3) is 4.50. The molecule has 5 heteroatoms. The second-order valence-electron chi connectivity index (χ2n) is 7.08. The van der Waals surface area contributed by atoms with Crippen molar-refractivity contribution < 1.29 is 9.53 Å². The lowest BCUT2D eigenvalue weighted by molar-refractivity contribution is -0.133. The monoisotopic (exact) mass is 392 g/mol. The highest BCUT2D eigenvalue weighted by Crippen LogP contribution is 2.30. The van der Waals surface area contributed by atoms with E-state index in [4.69, 9.17) is 4.74 Å². The van der Waals surface area contributed by atoms with Crippen LogP contribution in [0.5, 0.6) is 0 Å². The largest absolute Gasteiger partial charge is 0.366 e. The van der Waals surface area contributed by atoms with Crippen molar-refractivity contribution in [1.82, 2.24) is 4.90 Å². The molecule has 1 aliphatic heterocycles. The van der Waals surface area contributed by atoms with E-state index in [9.17, 15) is 4.79 Å². The van der Waals surface area contributed by atoms with Gasteiger partial charge in [-0.2, -0.15) is 0 Å². The molecule has 0 radical (unpaired) electrons. The number of carbonyl (C=O) groups excluding carboxylic acids is 1. The number of carbonyl (C=O) groups is 1. The Kier molecular flexibility index (Phi) is 5.86. The second kappa shape index (κ2) is 8.69. The standard InChI is InChI=1S/C23H24N2O2S/c1-17-10-13-28-22(17)19-8-5-9-20(14-19)24-23(26)21-16-25(11-12-27-21)15-18-6-3-2-4-7-18/h2-10,13-14,21H,11-12,15-16H2,1H3,(H,24,26). The molecule has 1 fully saturated rings. The van der Waals surface area contributed by atoms with Gasteiger partial charge in [0.15, 0.2) is 0 Å². The van der Waals surface area contributed by atoms with E-state index >= 15 is 0 Å². The summed E-state index contributed by atoms with van der Waals surface area (Å²) in [5, 5.41) is 5.12. The van der Waals surface area contributed by atoms with Crippen molar-refractivity contribution in [2.24, 2.45) is 0 Å². The fourth-order valence-electron chi connectivity index (χ4n) is 3.48. The fraction of sp³-hybridized carbons (Fsp3) is 0.261. The SMILES string of the molecule is Cc1ccsc1-c1cccc(NC(=O)C2CN(Cc3ccccc3)CCO2)c1. The lowest BCUT2D eigenvalue weighted by Crippen LogP contribution is -2.47. The van der Waals surface area contributed by atoms with Gasteiger partial charge in [-0.1, -0.05) is 42.5 Å². The van der Waals surface area contributed by atoms with Crippen LogP contribution in [0.1, 0.15) is 11.1 Å². The van der Waals surface area contributed by atoms with Crippen molar-refractivity contribution in [2.75, 3.05) is 25.0 Å². The second-order valence-corrected chi connectivity index (χ2v) is 8.00. The van der Waals surface area contributed by atoms with Crippen LogP contribution in [0.15, 0.2) is 66.0 Å². The van der Waals surface area contributed by atoms with Gasteiger partial charge in [0.1, 0.15) is 6.10 Å². The summed E-state index contributed by atoms with van der Waals surface area (Å²) >= 11 is 1.72. The molecule has 1 N–H and O–H groups in total. The van der Waals surface area contributed by atoms with Crippen LogP contribution in [0, 0.1) is 6.92 Å². The zero-order chi connectivity index (χ0) is 19.3. The molecule has 3 aromatic rings. The topological polar surface area (TPSA) is 41.6 Å². The molecule has 2 aromatic carbocycles. The van der Waals surface area contributed by atoms with Crippen LogP contribution in [0.4, 0.5) is 5.69 Å². The molecule has 0 spiro atoms. The molecule has 144 valence electrons. The Bertz CT molecular complexity index is 939. The highest BCUT2D eigenvalue weighted by atomic mass is 32.1. The van der Waals surface area contributed by atoms with E-state index in [1.54, 1.807) is 11.3 Å². The van der Waals surface area contributed by atoms with Gasteiger partial charge in [0.05, 0.1) is 6.61 Å². The van der Waals surface area contributed by atoms with Crippen molar-refractivity contribution in [2.45, 2.75) is 19.6 Å². The maximum Gasteiger partial charge on any atom is 0.254 e. The molecule has 4 nitrogen and oxygen atoms in total. The first-order valence-corrected chi connectivity index (χ1v) is 10.4. The molecule has 1 aliphatic rings. The van der Waals surface area contributed by atoms with Crippen LogP contribution in [-0.2, 0) is 16.1 Å². The maximum absolute atomic E-state index is 12.8. The Labute approximate surface area is 169 Å². The summed E-state index contributed by atoms with van der Waals surface area (Å²) in [6.07, 6.45) is -0.454. The number of thiophene rings is 1. The summed E-state index contributed by atoms with van der Waals surface area (Å²) < 4.78 is 5.75. The smallest absolute Gasteiger partial charge is 0.254 e. The lowest BCUT2D eigenvalue weighted by Gasteiger charge is -2.32. The minimum atomic E-state index is -0.454. The van der Waals surface area contributed by atoms with Crippen LogP contribution in [0.2, 0.25) is 0 Å². The van der Waals surface area contributed by atoms with Crippen molar-refractivity contribution in [3.05, 3.63) is 77.2 Å². The third-order valence-electron chi connectivity index (χ3n) is 4.95. The fourth-order valence-corrected chi connectivity index (χ4v) is 4.40. The third-order valence-corrected chi connectivity index (χ3v) is 6.01. The van der Waals surface area contributed by atoms with Gasteiger partial charge in [-0.15, -0.1) is 11.3 Å². The number of nitrogens with one attached hydrogen (secondary N) is 1. The lowest BCUT2D eigenvalue weighted by atomic mass is 10.1. The Morgan fingerprint density at radius 2 is 2.04 bits per heavy atom. The molecular formula is C23H24N2O2S. The first-order chi connectivity index (χ1) is 13.7. The van der Waals surface area contributed by atoms with E-state index in [0.717, 1.165) is 24.3 Å². The average molecular weight is 393 g/mol. The van der Waals surface area contributed by atoms with Gasteiger partial charge in [0.25, 0.3) is 5.91 Å². The summed E-state index contributed by atoms with van der Waals surface area (Å²) in [5.41, 5.74) is 4.43. The van der Waals surface area contributed by atoms with Crippen LogP contribution >= 0.6 is 11.3 Å². The average Bonchev–Trinajstić information content (AvgIpc) is 3.15. The molecule has 1 aromatic heterocycles. The first-order valence-electron chi connectivity index (χ1n) is 9.52. The molecule has 1 unspecified atom stereocenters. The van der Waals surface area contributed by atoms with Gasteiger partial charge in [-0.25, -0.2) is 0 Å². The van der Waals surface area contributed by atoms with Gasteiger partial charge < -0.3 is 10.1 Å². The first kappa shape index (κ1) is 18.9. The molecule has 0 bridgehead atoms.